The van der Waals surface area contributed by atoms with Gasteiger partial charge in [0.25, 0.3) is 5.79 Å². The lowest BCUT2D eigenvalue weighted by molar-refractivity contribution is -0.121. The van der Waals surface area contributed by atoms with Crippen molar-refractivity contribution in [2.24, 2.45) is 0 Å². The molecule has 7 heteroatoms. The zero-order valence-corrected chi connectivity index (χ0v) is 16.0. The van der Waals surface area contributed by atoms with Gasteiger partial charge in [-0.1, -0.05) is 12.1 Å². The normalized spacial score (nSPS) is 18.9. The molecular formula is C22H22N2O5. The number of anilines is 2. The van der Waals surface area contributed by atoms with Crippen LogP contribution in [-0.4, -0.2) is 30.8 Å². The maximum Gasteiger partial charge on any atom is 0.251 e. The Morgan fingerprint density at radius 3 is 2.69 bits per heavy atom. The van der Waals surface area contributed by atoms with E-state index in [1.807, 2.05) is 18.2 Å². The van der Waals surface area contributed by atoms with Crippen LogP contribution in [0.15, 0.2) is 42.5 Å². The van der Waals surface area contributed by atoms with E-state index >= 15 is 0 Å². The molecule has 0 aromatic heterocycles. The lowest BCUT2D eigenvalue weighted by Gasteiger charge is -2.21. The summed E-state index contributed by atoms with van der Waals surface area (Å²) >= 11 is 0. The summed E-state index contributed by atoms with van der Waals surface area (Å²) in [5, 5.41) is 2.86. The van der Waals surface area contributed by atoms with Gasteiger partial charge in [-0.15, -0.1) is 0 Å². The average molecular weight is 394 g/mol. The molecule has 150 valence electrons. The number of fused-ring (bicyclic) bond motifs is 2. The lowest BCUT2D eigenvalue weighted by atomic mass is 10.2. The molecule has 1 fully saturated rings. The van der Waals surface area contributed by atoms with E-state index in [0.717, 1.165) is 25.7 Å². The van der Waals surface area contributed by atoms with E-state index in [0.29, 0.717) is 35.2 Å². The van der Waals surface area contributed by atoms with Crippen molar-refractivity contribution in [2.75, 3.05) is 23.4 Å². The second kappa shape index (κ2) is 6.99. The highest BCUT2D eigenvalue weighted by molar-refractivity contribution is 6.03. The van der Waals surface area contributed by atoms with E-state index in [1.54, 1.807) is 24.3 Å². The van der Waals surface area contributed by atoms with Crippen LogP contribution in [0, 0.1) is 0 Å². The van der Waals surface area contributed by atoms with Crippen molar-refractivity contribution in [3.8, 4) is 17.2 Å². The van der Waals surface area contributed by atoms with Crippen LogP contribution >= 0.6 is 0 Å². The SMILES string of the molecule is O=C(CN1C(=O)CCOc2ccccc21)Nc1ccc2c(c1)OC1(CCCC1)O2. The second-order valence-electron chi connectivity index (χ2n) is 7.58. The summed E-state index contributed by atoms with van der Waals surface area (Å²) in [6.45, 7) is 0.218. The molecule has 1 N–H and O–H groups in total. The van der Waals surface area contributed by atoms with Crippen molar-refractivity contribution >= 4 is 23.2 Å². The van der Waals surface area contributed by atoms with E-state index in [1.165, 1.54) is 4.90 Å². The topological polar surface area (TPSA) is 77.1 Å². The molecule has 2 aliphatic heterocycles. The number of nitrogens with one attached hydrogen (secondary N) is 1. The van der Waals surface area contributed by atoms with Crippen molar-refractivity contribution in [3.05, 3.63) is 42.5 Å². The Hall–Kier alpha value is -3.22. The van der Waals surface area contributed by atoms with Gasteiger partial charge in [0.2, 0.25) is 11.8 Å². The molecule has 0 atom stereocenters. The average Bonchev–Trinajstić information content (AvgIpc) is 3.28. The van der Waals surface area contributed by atoms with Gasteiger partial charge >= 0.3 is 0 Å². The number of rotatable bonds is 3. The number of ether oxygens (including phenoxy) is 3. The fraction of sp³-hybridized carbons (Fsp3) is 0.364. The summed E-state index contributed by atoms with van der Waals surface area (Å²) in [4.78, 5) is 26.6. The Labute approximate surface area is 168 Å². The monoisotopic (exact) mass is 394 g/mol. The maximum absolute atomic E-state index is 12.7. The first-order chi connectivity index (χ1) is 14.1. The van der Waals surface area contributed by atoms with Crippen molar-refractivity contribution in [2.45, 2.75) is 37.9 Å². The minimum Gasteiger partial charge on any atom is -0.491 e. The second-order valence-corrected chi connectivity index (χ2v) is 7.58. The third kappa shape index (κ3) is 3.37. The van der Waals surface area contributed by atoms with Crippen molar-refractivity contribution < 1.29 is 23.8 Å². The largest absolute Gasteiger partial charge is 0.491 e. The Balaban J connectivity index is 1.30. The van der Waals surface area contributed by atoms with Crippen molar-refractivity contribution in [1.29, 1.82) is 0 Å². The fourth-order valence-corrected chi connectivity index (χ4v) is 4.13. The summed E-state index contributed by atoms with van der Waals surface area (Å²) in [6, 6.07) is 12.6. The molecular weight excluding hydrogens is 372 g/mol. The van der Waals surface area contributed by atoms with Gasteiger partial charge in [0.05, 0.1) is 18.7 Å². The summed E-state index contributed by atoms with van der Waals surface area (Å²) in [5.74, 6) is 1.00. The third-order valence-electron chi connectivity index (χ3n) is 5.52. The van der Waals surface area contributed by atoms with Gasteiger partial charge in [0.1, 0.15) is 12.3 Å². The fourth-order valence-electron chi connectivity index (χ4n) is 4.13. The van der Waals surface area contributed by atoms with Crippen LogP contribution in [0.5, 0.6) is 17.2 Å². The van der Waals surface area contributed by atoms with Gasteiger partial charge in [0, 0.05) is 24.6 Å². The van der Waals surface area contributed by atoms with Crippen LogP contribution in [0.4, 0.5) is 11.4 Å². The standard InChI is InChI=1S/C22H22N2O5/c25-20(14-24-16-5-1-2-6-17(16)27-12-9-21(24)26)23-15-7-8-18-19(13-15)29-22(28-18)10-3-4-11-22/h1-2,5-8,13H,3-4,9-12,14H2,(H,23,25). The molecule has 2 heterocycles. The third-order valence-corrected chi connectivity index (χ3v) is 5.52. The molecule has 1 aliphatic carbocycles. The van der Waals surface area contributed by atoms with Gasteiger partial charge in [-0.2, -0.15) is 0 Å². The first-order valence-electron chi connectivity index (χ1n) is 9.96. The molecule has 2 aromatic rings. The molecule has 1 saturated carbocycles. The highest BCUT2D eigenvalue weighted by atomic mass is 16.7. The summed E-state index contributed by atoms with van der Waals surface area (Å²) < 4.78 is 17.7. The highest BCUT2D eigenvalue weighted by Gasteiger charge is 2.44. The predicted molar refractivity (Wildman–Crippen MR) is 106 cm³/mol. The van der Waals surface area contributed by atoms with Gasteiger partial charge in [-0.05, 0) is 37.1 Å². The van der Waals surface area contributed by atoms with Gasteiger partial charge in [0.15, 0.2) is 11.5 Å². The molecule has 3 aliphatic rings. The van der Waals surface area contributed by atoms with E-state index in [2.05, 4.69) is 5.32 Å². The van der Waals surface area contributed by atoms with Crippen LogP contribution in [0.1, 0.15) is 32.1 Å². The van der Waals surface area contributed by atoms with Gasteiger partial charge in [-0.25, -0.2) is 0 Å². The minimum absolute atomic E-state index is 0.0857. The highest BCUT2D eigenvalue weighted by Crippen LogP contribution is 2.47. The van der Waals surface area contributed by atoms with E-state index in [4.69, 9.17) is 14.2 Å². The quantitative estimate of drug-likeness (QED) is 0.862. The number of carbonyl (C=O) groups is 2. The van der Waals surface area contributed by atoms with Crippen molar-refractivity contribution in [3.63, 3.8) is 0 Å². The molecule has 0 unspecified atom stereocenters. The van der Waals surface area contributed by atoms with Crippen LogP contribution in [0.25, 0.3) is 0 Å². The molecule has 0 saturated heterocycles. The van der Waals surface area contributed by atoms with Crippen molar-refractivity contribution in [1.82, 2.24) is 0 Å². The number of amides is 2. The molecule has 2 amide bonds. The smallest absolute Gasteiger partial charge is 0.251 e. The Morgan fingerprint density at radius 2 is 1.83 bits per heavy atom. The maximum atomic E-state index is 12.7. The molecule has 0 radical (unpaired) electrons. The summed E-state index contributed by atoms with van der Waals surface area (Å²) in [5.41, 5.74) is 1.22. The van der Waals surface area contributed by atoms with Gasteiger partial charge < -0.3 is 19.5 Å². The number of para-hydroxylation sites is 2. The molecule has 1 spiro atoms. The first-order valence-corrected chi connectivity index (χ1v) is 9.96. The van der Waals surface area contributed by atoms with Crippen LogP contribution in [-0.2, 0) is 9.59 Å². The number of hydrogen-bond acceptors (Lipinski definition) is 5. The van der Waals surface area contributed by atoms with E-state index in [9.17, 15) is 9.59 Å². The first kappa shape index (κ1) is 17.8. The molecule has 29 heavy (non-hydrogen) atoms. The Morgan fingerprint density at radius 1 is 1.03 bits per heavy atom. The zero-order valence-electron chi connectivity index (χ0n) is 16.0. The Kier molecular flexibility index (Phi) is 4.30. The number of nitrogens with zero attached hydrogens (tertiary/aromatic N) is 1. The van der Waals surface area contributed by atoms with Gasteiger partial charge in [-0.3, -0.25) is 14.5 Å². The molecule has 7 nitrogen and oxygen atoms in total. The molecule has 5 rings (SSSR count). The van der Waals surface area contributed by atoms with E-state index in [-0.39, 0.29) is 24.8 Å². The summed E-state index contributed by atoms with van der Waals surface area (Å²) in [6.07, 6.45) is 4.16. The molecule has 2 aromatic carbocycles. The zero-order chi connectivity index (χ0) is 19.8. The number of carbonyl (C=O) groups excluding carboxylic acids is 2. The lowest BCUT2D eigenvalue weighted by Crippen LogP contribution is -2.37. The minimum atomic E-state index is -0.535. The van der Waals surface area contributed by atoms with Crippen LogP contribution in [0.2, 0.25) is 0 Å². The molecule has 0 bridgehead atoms. The number of hydrogen-bond donors (Lipinski definition) is 1. The van der Waals surface area contributed by atoms with E-state index < -0.39 is 5.79 Å². The van der Waals surface area contributed by atoms with Crippen LogP contribution < -0.4 is 24.4 Å². The Bertz CT molecular complexity index is 967. The van der Waals surface area contributed by atoms with Crippen LogP contribution in [0.3, 0.4) is 0 Å². The summed E-state index contributed by atoms with van der Waals surface area (Å²) in [7, 11) is 0. The number of benzene rings is 2. The predicted octanol–water partition coefficient (Wildman–Crippen LogP) is 3.48.